The van der Waals surface area contributed by atoms with Crippen molar-refractivity contribution in [2.45, 2.75) is 49.7 Å². The molecular weight excluding hydrogens is 438 g/mol. The number of aromatic nitrogens is 3. The average molecular weight is 468 g/mol. The molecule has 2 heterocycles. The first-order chi connectivity index (χ1) is 15.8. The van der Waals surface area contributed by atoms with Crippen LogP contribution in [0.2, 0.25) is 0 Å². The Bertz CT molecular complexity index is 1190. The van der Waals surface area contributed by atoms with Crippen LogP contribution in [0.3, 0.4) is 0 Å². The molecule has 4 bridgehead atoms. The van der Waals surface area contributed by atoms with Crippen molar-refractivity contribution in [1.29, 1.82) is 5.26 Å². The Kier molecular flexibility index (Phi) is 5.49. The molecule has 6 rings (SSSR count). The molecule has 4 saturated carbocycles. The predicted molar refractivity (Wildman–Crippen MR) is 124 cm³/mol. The molecule has 4 N–H and O–H groups in total. The smallest absolute Gasteiger partial charge is 0.224 e. The monoisotopic (exact) mass is 467 g/mol. The van der Waals surface area contributed by atoms with Crippen molar-refractivity contribution in [3.05, 3.63) is 35.7 Å². The highest BCUT2D eigenvalue weighted by Gasteiger charge is 2.54. The number of nitrogens with zero attached hydrogens (tertiary/aromatic N) is 4. The number of hydrogen-bond donors (Lipinski definition) is 3. The molecule has 0 saturated heterocycles. The van der Waals surface area contributed by atoms with Crippen LogP contribution >= 0.6 is 0 Å². The second-order valence-corrected chi connectivity index (χ2v) is 12.0. The van der Waals surface area contributed by atoms with E-state index in [0.717, 1.165) is 31.6 Å². The molecule has 4 aliphatic carbocycles. The van der Waals surface area contributed by atoms with Gasteiger partial charge in [0.25, 0.3) is 0 Å². The van der Waals surface area contributed by atoms with E-state index in [1.165, 1.54) is 31.7 Å². The second-order valence-electron chi connectivity index (χ2n) is 10.1. The zero-order chi connectivity index (χ0) is 23.2. The van der Waals surface area contributed by atoms with Crippen LogP contribution in [-0.2, 0) is 16.4 Å². The number of pyridine rings is 1. The molecule has 9 nitrogen and oxygen atoms in total. The van der Waals surface area contributed by atoms with Gasteiger partial charge in [0, 0.05) is 37.1 Å². The van der Waals surface area contributed by atoms with Crippen molar-refractivity contribution in [3.8, 4) is 6.07 Å². The summed E-state index contributed by atoms with van der Waals surface area (Å²) < 4.78 is 24.0. The third kappa shape index (κ3) is 4.27. The third-order valence-corrected chi connectivity index (χ3v) is 8.72. The Hall–Kier alpha value is -2.77. The summed E-state index contributed by atoms with van der Waals surface area (Å²) in [7, 11) is -3.45. The number of sulfone groups is 1. The van der Waals surface area contributed by atoms with E-state index >= 15 is 0 Å². The van der Waals surface area contributed by atoms with Gasteiger partial charge in [-0.2, -0.15) is 10.2 Å². The van der Waals surface area contributed by atoms with Gasteiger partial charge in [-0.15, -0.1) is 0 Å². The van der Waals surface area contributed by atoms with Crippen LogP contribution in [0.4, 0.5) is 11.8 Å². The van der Waals surface area contributed by atoms with Crippen molar-refractivity contribution in [1.82, 2.24) is 15.0 Å². The molecule has 2 aromatic heterocycles. The molecule has 0 aromatic carbocycles. The van der Waals surface area contributed by atoms with Crippen molar-refractivity contribution in [2.75, 3.05) is 23.4 Å². The lowest BCUT2D eigenvalue weighted by Crippen LogP contribution is -2.58. The molecule has 2 aromatic rings. The molecular formula is C23H29N7O2S. The highest BCUT2D eigenvalue weighted by Crippen LogP contribution is 2.59. The molecule has 0 spiro atoms. The SMILES string of the molecule is CS(=O)(=O)c1ncccc1CNc1ncc(C#N)c(NCC23CC4C[C@H](C2)C(N)[C@@H](C4)C3)n1. The molecule has 4 fully saturated rings. The highest BCUT2D eigenvalue weighted by atomic mass is 32.2. The summed E-state index contributed by atoms with van der Waals surface area (Å²) in [6, 6.07) is 5.90. The largest absolute Gasteiger partial charge is 0.368 e. The Morgan fingerprint density at radius 3 is 2.67 bits per heavy atom. The fourth-order valence-corrected chi connectivity index (χ4v) is 7.34. The van der Waals surface area contributed by atoms with Gasteiger partial charge in [-0.3, -0.25) is 0 Å². The standard InChI is InChI=1S/C23H29N7O2S/c1-33(31,32)21-15(3-2-4-26-21)11-27-22-28-12-18(10-24)20(30-22)29-13-23-7-14-5-16(8-23)19(25)17(6-14)9-23/h2-4,12,14,16-17,19H,5-9,11,13,25H2,1H3,(H2,27,28,29,30)/t14?,16-,17+,19?,23?. The van der Waals surface area contributed by atoms with Crippen LogP contribution in [0.25, 0.3) is 0 Å². The molecule has 33 heavy (non-hydrogen) atoms. The van der Waals surface area contributed by atoms with Crippen LogP contribution in [0.15, 0.2) is 29.6 Å². The predicted octanol–water partition coefficient (Wildman–Crippen LogP) is 2.32. The van der Waals surface area contributed by atoms with Gasteiger partial charge in [-0.1, -0.05) is 6.07 Å². The Labute approximate surface area is 194 Å². The van der Waals surface area contributed by atoms with Crippen LogP contribution in [0.5, 0.6) is 0 Å². The maximum atomic E-state index is 12.0. The summed E-state index contributed by atoms with van der Waals surface area (Å²) in [6.45, 7) is 0.976. The van der Waals surface area contributed by atoms with E-state index in [1.807, 2.05) is 0 Å². The molecule has 0 radical (unpaired) electrons. The molecule has 3 unspecified atom stereocenters. The van der Waals surface area contributed by atoms with E-state index in [1.54, 1.807) is 12.1 Å². The number of nitriles is 1. The van der Waals surface area contributed by atoms with E-state index < -0.39 is 9.84 Å². The fourth-order valence-electron chi connectivity index (χ4n) is 6.47. The van der Waals surface area contributed by atoms with Gasteiger partial charge >= 0.3 is 0 Å². The van der Waals surface area contributed by atoms with Gasteiger partial charge in [0.2, 0.25) is 5.95 Å². The Morgan fingerprint density at radius 2 is 1.97 bits per heavy atom. The maximum absolute atomic E-state index is 12.0. The van der Waals surface area contributed by atoms with Gasteiger partial charge in [-0.25, -0.2) is 18.4 Å². The van der Waals surface area contributed by atoms with E-state index in [0.29, 0.717) is 40.8 Å². The average Bonchev–Trinajstić information content (AvgIpc) is 2.79. The van der Waals surface area contributed by atoms with Crippen LogP contribution in [0, 0.1) is 34.5 Å². The quantitative estimate of drug-likeness (QED) is 0.558. The number of hydrogen-bond acceptors (Lipinski definition) is 9. The minimum absolute atomic E-state index is 0.0320. The second kappa shape index (κ2) is 8.22. The summed E-state index contributed by atoms with van der Waals surface area (Å²) in [4.78, 5) is 12.8. The van der Waals surface area contributed by atoms with E-state index in [4.69, 9.17) is 5.73 Å². The lowest BCUT2D eigenvalue weighted by atomic mass is 9.48. The van der Waals surface area contributed by atoms with E-state index in [9.17, 15) is 13.7 Å². The Morgan fingerprint density at radius 1 is 1.21 bits per heavy atom. The van der Waals surface area contributed by atoms with Crippen molar-refractivity contribution >= 4 is 21.6 Å². The summed E-state index contributed by atoms with van der Waals surface area (Å²) in [5.74, 6) is 2.82. The van der Waals surface area contributed by atoms with Crippen molar-refractivity contribution < 1.29 is 8.42 Å². The van der Waals surface area contributed by atoms with Crippen molar-refractivity contribution in [2.24, 2.45) is 28.9 Å². The van der Waals surface area contributed by atoms with Gasteiger partial charge in [0.1, 0.15) is 17.5 Å². The first-order valence-corrected chi connectivity index (χ1v) is 13.3. The summed E-state index contributed by atoms with van der Waals surface area (Å²) in [5, 5.41) is 16.1. The van der Waals surface area contributed by atoms with E-state index in [-0.39, 0.29) is 17.0 Å². The topological polar surface area (TPSA) is 147 Å². The molecule has 0 amide bonds. The van der Waals surface area contributed by atoms with Gasteiger partial charge in [0.15, 0.2) is 14.9 Å². The van der Waals surface area contributed by atoms with Gasteiger partial charge in [-0.05, 0) is 61.3 Å². The molecule has 174 valence electrons. The van der Waals surface area contributed by atoms with E-state index in [2.05, 4.69) is 31.7 Å². The fraction of sp³-hybridized carbons (Fsp3) is 0.565. The molecule has 0 aliphatic heterocycles. The Balaban J connectivity index is 1.30. The number of rotatable bonds is 7. The minimum Gasteiger partial charge on any atom is -0.368 e. The number of nitrogens with one attached hydrogen (secondary N) is 2. The lowest BCUT2D eigenvalue weighted by molar-refractivity contribution is -0.0591. The van der Waals surface area contributed by atoms with Crippen LogP contribution in [0.1, 0.15) is 43.2 Å². The summed E-state index contributed by atoms with van der Waals surface area (Å²) in [5.41, 5.74) is 7.63. The van der Waals surface area contributed by atoms with Crippen LogP contribution in [-0.4, -0.2) is 42.2 Å². The maximum Gasteiger partial charge on any atom is 0.224 e. The minimum atomic E-state index is -3.45. The van der Waals surface area contributed by atoms with Crippen molar-refractivity contribution in [3.63, 3.8) is 0 Å². The van der Waals surface area contributed by atoms with Crippen LogP contribution < -0.4 is 16.4 Å². The summed E-state index contributed by atoms with van der Waals surface area (Å²) >= 11 is 0. The molecule has 5 atom stereocenters. The highest BCUT2D eigenvalue weighted by molar-refractivity contribution is 7.90. The zero-order valence-corrected chi connectivity index (χ0v) is 19.5. The molecule has 4 aliphatic rings. The normalized spacial score (nSPS) is 30.1. The first kappa shape index (κ1) is 22.0. The first-order valence-electron chi connectivity index (χ1n) is 11.4. The van der Waals surface area contributed by atoms with Gasteiger partial charge in [0.05, 0.1) is 6.20 Å². The number of nitrogens with two attached hydrogens (primary N) is 1. The molecule has 10 heteroatoms. The third-order valence-electron chi connectivity index (χ3n) is 7.65. The van der Waals surface area contributed by atoms with Gasteiger partial charge < -0.3 is 16.4 Å². The number of anilines is 2. The lowest BCUT2D eigenvalue weighted by Gasteiger charge is -2.59. The zero-order valence-electron chi connectivity index (χ0n) is 18.7. The summed E-state index contributed by atoms with van der Waals surface area (Å²) in [6.07, 6.45) is 10.1.